The summed E-state index contributed by atoms with van der Waals surface area (Å²) in [6.45, 7) is 5.63. The van der Waals surface area contributed by atoms with Gasteiger partial charge >= 0.3 is 11.9 Å². The number of ether oxygens (including phenoxy) is 4. The molecule has 3 rings (SSSR count). The van der Waals surface area contributed by atoms with Gasteiger partial charge in [0.1, 0.15) is 18.2 Å². The Morgan fingerprint density at radius 1 is 1.02 bits per heavy atom. The number of carbonyl (C=O) groups is 3. The van der Waals surface area contributed by atoms with Crippen LogP contribution in [0.2, 0.25) is 0 Å². The predicted octanol–water partition coefficient (Wildman–Crippen LogP) is 3.78. The zero-order chi connectivity index (χ0) is 28.6. The minimum Gasteiger partial charge on any atom is -0.491 e. The highest BCUT2D eigenvalue weighted by molar-refractivity contribution is 5.95. The van der Waals surface area contributed by atoms with Crippen molar-refractivity contribution in [2.75, 3.05) is 33.7 Å². The van der Waals surface area contributed by atoms with E-state index in [1.54, 1.807) is 44.9 Å². The molecule has 1 saturated heterocycles. The lowest BCUT2D eigenvalue weighted by Crippen LogP contribution is -2.39. The molecule has 1 amide bonds. The van der Waals surface area contributed by atoms with Crippen LogP contribution in [0, 0.1) is 16.7 Å². The van der Waals surface area contributed by atoms with Crippen LogP contribution >= 0.6 is 12.4 Å². The smallest absolute Gasteiger partial charge is 0.314 e. The van der Waals surface area contributed by atoms with E-state index in [1.807, 2.05) is 36.4 Å². The lowest BCUT2D eigenvalue weighted by atomic mass is 9.98. The molecular formula is C29H38ClN3O7. The number of esters is 2. The first-order valence-electron chi connectivity index (χ1n) is 12.8. The van der Waals surface area contributed by atoms with Gasteiger partial charge in [-0.3, -0.25) is 19.8 Å². The predicted molar refractivity (Wildman–Crippen MR) is 152 cm³/mol. The maximum atomic E-state index is 13.1. The highest BCUT2D eigenvalue weighted by Crippen LogP contribution is 2.29. The number of hydrogen-bond donors (Lipinski definition) is 2. The molecular weight excluding hydrogens is 538 g/mol. The summed E-state index contributed by atoms with van der Waals surface area (Å²) in [5, 5.41) is 7.52. The fourth-order valence-corrected chi connectivity index (χ4v) is 4.19. The second-order valence-corrected chi connectivity index (χ2v) is 10.5. The standard InChI is InChI=1S/C29H37N3O7.ClH/c1-29(2,3)28(35)39-18-38-25(33)16-22-15-23(32(27(22)34)13-14-36-4)17-37-24-11-9-20(10-12-24)19-5-7-21(8-6-19)26(30)31;/h5-12,22-23H,13-18H2,1-4H3,(H3,30,31);1H/t22-,23-;/m0./s1. The van der Waals surface area contributed by atoms with Crippen molar-refractivity contribution in [3.63, 3.8) is 0 Å². The summed E-state index contributed by atoms with van der Waals surface area (Å²) >= 11 is 0. The second-order valence-electron chi connectivity index (χ2n) is 10.5. The first-order chi connectivity index (χ1) is 18.5. The van der Waals surface area contributed by atoms with Crippen molar-refractivity contribution in [3.05, 3.63) is 54.1 Å². The number of carbonyl (C=O) groups excluding carboxylic acids is 3. The molecule has 218 valence electrons. The van der Waals surface area contributed by atoms with Crippen LogP contribution in [-0.4, -0.2) is 68.3 Å². The van der Waals surface area contributed by atoms with Crippen molar-refractivity contribution in [2.45, 2.75) is 39.7 Å². The number of rotatable bonds is 12. The number of halogens is 1. The molecule has 1 heterocycles. The lowest BCUT2D eigenvalue weighted by Gasteiger charge is -2.24. The molecule has 0 aliphatic carbocycles. The number of methoxy groups -OCH3 is 1. The summed E-state index contributed by atoms with van der Waals surface area (Å²) in [5.41, 5.74) is 7.46. The minimum atomic E-state index is -0.703. The molecule has 1 aliphatic rings. The quantitative estimate of drug-likeness (QED) is 0.168. The summed E-state index contributed by atoms with van der Waals surface area (Å²) in [7, 11) is 1.56. The van der Waals surface area contributed by atoms with E-state index in [-0.39, 0.29) is 43.2 Å². The first kappa shape index (κ1) is 32.6. The Balaban J connectivity index is 0.00000560. The van der Waals surface area contributed by atoms with Gasteiger partial charge in [-0.15, -0.1) is 12.4 Å². The molecule has 0 bridgehead atoms. The van der Waals surface area contributed by atoms with E-state index in [4.69, 9.17) is 30.1 Å². The molecule has 40 heavy (non-hydrogen) atoms. The number of likely N-dealkylation sites (tertiary alicyclic amines) is 1. The van der Waals surface area contributed by atoms with Crippen molar-refractivity contribution in [3.8, 4) is 16.9 Å². The van der Waals surface area contributed by atoms with Crippen LogP contribution in [0.4, 0.5) is 0 Å². The van der Waals surface area contributed by atoms with Crippen LogP contribution in [0.5, 0.6) is 5.75 Å². The minimum absolute atomic E-state index is 0. The van der Waals surface area contributed by atoms with E-state index < -0.39 is 30.1 Å². The van der Waals surface area contributed by atoms with Gasteiger partial charge in [0.05, 0.1) is 30.4 Å². The number of hydrogen-bond acceptors (Lipinski definition) is 8. The Hall–Kier alpha value is -3.63. The summed E-state index contributed by atoms with van der Waals surface area (Å²) in [4.78, 5) is 38.9. The third-order valence-corrected chi connectivity index (χ3v) is 6.43. The number of nitrogens with zero attached hydrogens (tertiary/aromatic N) is 1. The topological polar surface area (TPSA) is 141 Å². The molecule has 0 spiro atoms. The fraction of sp³-hybridized carbons (Fsp3) is 0.448. The van der Waals surface area contributed by atoms with E-state index in [0.29, 0.717) is 30.9 Å². The number of nitrogen functional groups attached to an aromatic ring is 1. The van der Waals surface area contributed by atoms with Gasteiger partial charge in [0.2, 0.25) is 12.7 Å². The van der Waals surface area contributed by atoms with E-state index in [0.717, 1.165) is 11.1 Å². The summed E-state index contributed by atoms with van der Waals surface area (Å²) < 4.78 is 21.2. The second kappa shape index (κ2) is 14.7. The van der Waals surface area contributed by atoms with Gasteiger partial charge in [0, 0.05) is 19.2 Å². The molecule has 0 aromatic heterocycles. The average molecular weight is 576 g/mol. The molecule has 0 radical (unpaired) electrons. The van der Waals surface area contributed by atoms with E-state index in [1.165, 1.54) is 0 Å². The van der Waals surface area contributed by atoms with Crippen LogP contribution in [0.1, 0.15) is 39.2 Å². The van der Waals surface area contributed by atoms with Gasteiger partial charge in [0.15, 0.2) is 0 Å². The molecule has 0 saturated carbocycles. The van der Waals surface area contributed by atoms with Crippen molar-refractivity contribution in [1.29, 1.82) is 5.41 Å². The number of nitrogens with one attached hydrogen (secondary N) is 1. The lowest BCUT2D eigenvalue weighted by molar-refractivity contribution is -0.174. The highest BCUT2D eigenvalue weighted by atomic mass is 35.5. The van der Waals surface area contributed by atoms with Crippen LogP contribution in [0.3, 0.4) is 0 Å². The Morgan fingerprint density at radius 2 is 1.62 bits per heavy atom. The normalized spacial score (nSPS) is 16.7. The van der Waals surface area contributed by atoms with Gasteiger partial charge in [0.25, 0.3) is 0 Å². The number of nitrogens with two attached hydrogens (primary N) is 1. The largest absolute Gasteiger partial charge is 0.491 e. The molecule has 1 fully saturated rings. The van der Waals surface area contributed by atoms with E-state index in [2.05, 4.69) is 0 Å². The molecule has 3 N–H and O–H groups in total. The third kappa shape index (κ3) is 8.96. The maximum absolute atomic E-state index is 13.1. The van der Waals surface area contributed by atoms with Gasteiger partial charge in [-0.25, -0.2) is 0 Å². The summed E-state index contributed by atoms with van der Waals surface area (Å²) in [6.07, 6.45) is 0.322. The number of amidine groups is 1. The van der Waals surface area contributed by atoms with Crippen LogP contribution in [-0.2, 0) is 28.6 Å². The monoisotopic (exact) mass is 575 g/mol. The number of amides is 1. The Labute approximate surface area is 241 Å². The van der Waals surface area contributed by atoms with Gasteiger partial charge in [-0.1, -0.05) is 36.4 Å². The maximum Gasteiger partial charge on any atom is 0.314 e. The van der Waals surface area contributed by atoms with Crippen molar-refractivity contribution >= 4 is 36.1 Å². The summed E-state index contributed by atoms with van der Waals surface area (Å²) in [5.74, 6) is -1.11. The molecule has 1 aliphatic heterocycles. The van der Waals surface area contributed by atoms with Crippen molar-refractivity contribution < 1.29 is 33.3 Å². The summed E-state index contributed by atoms with van der Waals surface area (Å²) in [6, 6.07) is 14.8. The van der Waals surface area contributed by atoms with Crippen LogP contribution in [0.25, 0.3) is 11.1 Å². The molecule has 2 aromatic rings. The SMILES string of the molecule is COCCN1C(=O)[C@H](CC(=O)OCOC(=O)C(C)(C)C)C[C@H]1COc1ccc(-c2ccc(C(=N)N)cc2)cc1.Cl. The Morgan fingerprint density at radius 3 is 2.17 bits per heavy atom. The van der Waals surface area contributed by atoms with E-state index in [9.17, 15) is 14.4 Å². The molecule has 0 unspecified atom stereocenters. The van der Waals surface area contributed by atoms with Crippen molar-refractivity contribution in [2.24, 2.45) is 17.1 Å². The van der Waals surface area contributed by atoms with Crippen LogP contribution < -0.4 is 10.5 Å². The van der Waals surface area contributed by atoms with Gasteiger partial charge in [-0.2, -0.15) is 0 Å². The third-order valence-electron chi connectivity index (χ3n) is 6.43. The zero-order valence-electron chi connectivity index (χ0n) is 23.3. The van der Waals surface area contributed by atoms with E-state index >= 15 is 0 Å². The highest BCUT2D eigenvalue weighted by Gasteiger charge is 2.40. The van der Waals surface area contributed by atoms with Crippen LogP contribution in [0.15, 0.2) is 48.5 Å². The Bertz CT molecular complexity index is 1160. The Kier molecular flexibility index (Phi) is 11.9. The molecule has 2 aromatic carbocycles. The molecule has 11 heteroatoms. The first-order valence-corrected chi connectivity index (χ1v) is 12.8. The van der Waals surface area contributed by atoms with Gasteiger partial charge < -0.3 is 29.6 Å². The zero-order valence-corrected chi connectivity index (χ0v) is 24.1. The number of benzene rings is 2. The van der Waals surface area contributed by atoms with Gasteiger partial charge in [-0.05, 0) is 50.5 Å². The molecule has 2 atom stereocenters. The fourth-order valence-electron chi connectivity index (χ4n) is 4.19. The molecule has 10 nitrogen and oxygen atoms in total. The average Bonchev–Trinajstić information content (AvgIpc) is 3.19. The van der Waals surface area contributed by atoms with Crippen molar-refractivity contribution in [1.82, 2.24) is 4.90 Å².